The maximum absolute atomic E-state index is 13.2. The lowest BCUT2D eigenvalue weighted by molar-refractivity contribution is 0.0997. The van der Waals surface area contributed by atoms with Gasteiger partial charge < -0.3 is 9.73 Å². The number of nitrogens with one attached hydrogen (secondary N) is 1. The molecular formula is C18H11FN2O2S. The molecule has 118 valence electrons. The van der Waals surface area contributed by atoms with E-state index in [0.717, 1.165) is 10.2 Å². The number of amides is 1. The molecule has 2 aromatic carbocycles. The van der Waals surface area contributed by atoms with Gasteiger partial charge in [-0.15, -0.1) is 11.3 Å². The highest BCUT2D eigenvalue weighted by molar-refractivity contribution is 7.21. The zero-order chi connectivity index (χ0) is 16.5. The van der Waals surface area contributed by atoms with Crippen LogP contribution in [0.1, 0.15) is 10.6 Å². The lowest BCUT2D eigenvalue weighted by Crippen LogP contribution is -2.10. The summed E-state index contributed by atoms with van der Waals surface area (Å²) in [4.78, 5) is 16.7. The van der Waals surface area contributed by atoms with E-state index in [9.17, 15) is 9.18 Å². The topological polar surface area (TPSA) is 55.1 Å². The number of carbonyl (C=O) groups excluding carboxylic acids is 1. The van der Waals surface area contributed by atoms with E-state index in [1.165, 1.54) is 29.5 Å². The van der Waals surface area contributed by atoms with E-state index in [0.29, 0.717) is 16.5 Å². The van der Waals surface area contributed by atoms with Crippen LogP contribution in [-0.4, -0.2) is 10.9 Å². The van der Waals surface area contributed by atoms with E-state index >= 15 is 0 Å². The Balaban J connectivity index is 1.58. The molecule has 6 heteroatoms. The minimum absolute atomic E-state index is 0.147. The maximum Gasteiger partial charge on any atom is 0.291 e. The summed E-state index contributed by atoms with van der Waals surface area (Å²) < 4.78 is 19.8. The highest BCUT2D eigenvalue weighted by atomic mass is 32.1. The third-order valence-electron chi connectivity index (χ3n) is 3.42. The minimum Gasteiger partial charge on any atom is -0.448 e. The van der Waals surface area contributed by atoms with Crippen molar-refractivity contribution in [3.8, 4) is 10.8 Å². The second kappa shape index (κ2) is 5.90. The fourth-order valence-corrected chi connectivity index (χ4v) is 3.24. The van der Waals surface area contributed by atoms with Crippen LogP contribution >= 0.6 is 11.3 Å². The van der Waals surface area contributed by atoms with Gasteiger partial charge >= 0.3 is 0 Å². The molecule has 0 aliphatic rings. The van der Waals surface area contributed by atoms with Crippen molar-refractivity contribution in [3.63, 3.8) is 0 Å². The third kappa shape index (κ3) is 2.79. The molecule has 0 aliphatic heterocycles. The summed E-state index contributed by atoms with van der Waals surface area (Å²) in [5.74, 6) is -0.176. The van der Waals surface area contributed by atoms with E-state index in [-0.39, 0.29) is 5.76 Å². The first-order valence-electron chi connectivity index (χ1n) is 7.22. The van der Waals surface area contributed by atoms with Crippen molar-refractivity contribution in [1.82, 2.24) is 4.98 Å². The Bertz CT molecular complexity index is 1010. The highest BCUT2D eigenvalue weighted by Gasteiger charge is 2.15. The second-order valence-corrected chi connectivity index (χ2v) is 6.15. The van der Waals surface area contributed by atoms with Gasteiger partial charge in [0.15, 0.2) is 16.5 Å². The van der Waals surface area contributed by atoms with E-state index in [4.69, 9.17) is 4.42 Å². The summed E-state index contributed by atoms with van der Waals surface area (Å²) in [6.07, 6.45) is 0. The van der Waals surface area contributed by atoms with E-state index in [1.807, 2.05) is 24.3 Å². The molecule has 0 spiro atoms. The number of hydrogen-bond acceptors (Lipinski definition) is 4. The molecule has 0 fully saturated rings. The Kier molecular flexibility index (Phi) is 3.59. The van der Waals surface area contributed by atoms with Crippen LogP contribution in [0.3, 0.4) is 0 Å². The number of halogens is 1. The monoisotopic (exact) mass is 338 g/mol. The molecule has 4 rings (SSSR count). The van der Waals surface area contributed by atoms with Crippen LogP contribution in [0.2, 0.25) is 0 Å². The summed E-state index contributed by atoms with van der Waals surface area (Å²) in [5.41, 5.74) is 1.26. The lowest BCUT2D eigenvalue weighted by Gasteiger charge is -2.02. The van der Waals surface area contributed by atoms with Crippen LogP contribution in [0, 0.1) is 5.82 Å². The van der Waals surface area contributed by atoms with Gasteiger partial charge in [0.25, 0.3) is 5.91 Å². The largest absolute Gasteiger partial charge is 0.448 e. The third-order valence-corrected chi connectivity index (χ3v) is 4.47. The van der Waals surface area contributed by atoms with Crippen LogP contribution in [0.4, 0.5) is 10.1 Å². The van der Waals surface area contributed by atoms with Crippen molar-refractivity contribution in [1.29, 1.82) is 0 Å². The minimum atomic E-state index is -0.437. The molecule has 0 radical (unpaired) electrons. The van der Waals surface area contributed by atoms with Gasteiger partial charge in [0.1, 0.15) is 5.82 Å². The molecular weight excluding hydrogens is 327 g/mol. The first-order valence-corrected chi connectivity index (χ1v) is 8.03. The van der Waals surface area contributed by atoms with E-state index < -0.39 is 11.7 Å². The Morgan fingerprint density at radius 1 is 1.08 bits per heavy atom. The number of fused-ring (bicyclic) bond motifs is 1. The zero-order valence-corrected chi connectivity index (χ0v) is 13.1. The molecule has 1 N–H and O–H groups in total. The molecule has 0 saturated heterocycles. The molecule has 0 bridgehead atoms. The number of furan rings is 1. The summed E-state index contributed by atoms with van der Waals surface area (Å²) in [6, 6.07) is 16.8. The Morgan fingerprint density at radius 2 is 1.96 bits per heavy atom. The predicted octanol–water partition coefficient (Wildman–Crippen LogP) is 4.95. The fraction of sp³-hybridized carbons (Fsp3) is 0. The number of carbonyl (C=O) groups is 1. The molecule has 0 unspecified atom stereocenters. The van der Waals surface area contributed by atoms with Crippen LogP contribution in [0.15, 0.2) is 65.1 Å². The Hall–Kier alpha value is -2.99. The lowest BCUT2D eigenvalue weighted by atomic mass is 10.3. The van der Waals surface area contributed by atoms with Crippen LogP contribution in [-0.2, 0) is 0 Å². The van der Waals surface area contributed by atoms with Crippen LogP contribution in [0.5, 0.6) is 0 Å². The molecule has 2 heterocycles. The van der Waals surface area contributed by atoms with E-state index in [1.54, 1.807) is 18.2 Å². The van der Waals surface area contributed by atoms with Crippen LogP contribution in [0.25, 0.3) is 21.0 Å². The highest BCUT2D eigenvalue weighted by Crippen LogP contribution is 2.31. The van der Waals surface area contributed by atoms with Crippen molar-refractivity contribution in [3.05, 3.63) is 72.2 Å². The van der Waals surface area contributed by atoms with Gasteiger partial charge in [-0.05, 0) is 42.5 Å². The first-order chi connectivity index (χ1) is 11.7. The Labute approximate surface area is 140 Å². The average Bonchev–Trinajstić information content (AvgIpc) is 3.21. The quantitative estimate of drug-likeness (QED) is 0.575. The number of thiazole rings is 1. The molecule has 2 aromatic heterocycles. The molecule has 0 saturated carbocycles. The molecule has 4 aromatic rings. The average molecular weight is 338 g/mol. The van der Waals surface area contributed by atoms with Crippen molar-refractivity contribution in [2.45, 2.75) is 0 Å². The summed E-state index contributed by atoms with van der Waals surface area (Å²) in [6.45, 7) is 0. The van der Waals surface area contributed by atoms with Gasteiger partial charge in [-0.1, -0.05) is 18.2 Å². The smallest absolute Gasteiger partial charge is 0.291 e. The summed E-state index contributed by atoms with van der Waals surface area (Å²) in [7, 11) is 0. The number of aromatic nitrogens is 1. The van der Waals surface area contributed by atoms with Gasteiger partial charge in [0, 0.05) is 5.69 Å². The van der Waals surface area contributed by atoms with Gasteiger partial charge in [-0.2, -0.15) is 0 Å². The zero-order valence-electron chi connectivity index (χ0n) is 12.3. The van der Waals surface area contributed by atoms with Gasteiger partial charge in [0.2, 0.25) is 0 Å². The normalized spacial score (nSPS) is 10.9. The number of benzene rings is 2. The number of para-hydroxylation sites is 1. The fourth-order valence-electron chi connectivity index (χ4n) is 2.31. The molecule has 24 heavy (non-hydrogen) atoms. The first kappa shape index (κ1) is 14.6. The summed E-state index contributed by atoms with van der Waals surface area (Å²) >= 11 is 1.50. The van der Waals surface area contributed by atoms with Gasteiger partial charge in [0.05, 0.1) is 10.2 Å². The van der Waals surface area contributed by atoms with Crippen LogP contribution < -0.4 is 5.32 Å². The maximum atomic E-state index is 13.2. The Morgan fingerprint density at radius 3 is 2.79 bits per heavy atom. The summed E-state index contributed by atoms with van der Waals surface area (Å²) in [5, 5.41) is 3.31. The second-order valence-electron chi connectivity index (χ2n) is 5.12. The molecule has 0 atom stereocenters. The van der Waals surface area contributed by atoms with Crippen molar-refractivity contribution in [2.75, 3.05) is 5.32 Å². The standard InChI is InChI=1S/C18H11FN2O2S/c19-11-4-3-5-12(10-11)20-17(22)14-8-9-15(23-14)18-21-13-6-1-2-7-16(13)24-18/h1-10H,(H,20,22). The van der Waals surface area contributed by atoms with Gasteiger partial charge in [-0.25, -0.2) is 9.37 Å². The van der Waals surface area contributed by atoms with Crippen molar-refractivity contribution in [2.24, 2.45) is 0 Å². The molecule has 1 amide bonds. The van der Waals surface area contributed by atoms with Crippen molar-refractivity contribution < 1.29 is 13.6 Å². The SMILES string of the molecule is O=C(Nc1cccc(F)c1)c1ccc(-c2nc3ccccc3s2)o1. The number of anilines is 1. The molecule has 4 nitrogen and oxygen atoms in total. The number of hydrogen-bond donors (Lipinski definition) is 1. The van der Waals surface area contributed by atoms with Crippen molar-refractivity contribution >= 4 is 33.1 Å². The number of nitrogens with zero attached hydrogens (tertiary/aromatic N) is 1. The van der Waals surface area contributed by atoms with Gasteiger partial charge in [-0.3, -0.25) is 4.79 Å². The predicted molar refractivity (Wildman–Crippen MR) is 91.7 cm³/mol. The van der Waals surface area contributed by atoms with E-state index in [2.05, 4.69) is 10.3 Å². The number of rotatable bonds is 3. The molecule has 0 aliphatic carbocycles.